The van der Waals surface area contributed by atoms with Crippen molar-refractivity contribution in [2.45, 2.75) is 12.6 Å². The number of benzene rings is 2. The highest BCUT2D eigenvalue weighted by Crippen LogP contribution is 2.35. The van der Waals surface area contributed by atoms with Gasteiger partial charge in [0, 0.05) is 31.4 Å². The molecule has 0 saturated heterocycles. The van der Waals surface area contributed by atoms with E-state index < -0.39 is 22.7 Å². The van der Waals surface area contributed by atoms with E-state index in [-0.39, 0.29) is 23.7 Å². The summed E-state index contributed by atoms with van der Waals surface area (Å²) in [5.41, 5.74) is -0.0612. The maximum Gasteiger partial charge on any atom is 0.417 e. The van der Waals surface area contributed by atoms with Gasteiger partial charge in [-0.05, 0) is 48.4 Å². The molecule has 2 N–H and O–H groups in total. The van der Waals surface area contributed by atoms with Gasteiger partial charge in [0.05, 0.1) is 10.6 Å². The largest absolute Gasteiger partial charge is 0.457 e. The molecule has 1 heterocycles. The van der Waals surface area contributed by atoms with Gasteiger partial charge in [-0.2, -0.15) is 13.2 Å². The van der Waals surface area contributed by atoms with Gasteiger partial charge in [0.25, 0.3) is 11.8 Å². The van der Waals surface area contributed by atoms with E-state index in [0.717, 1.165) is 17.7 Å². The maximum absolute atomic E-state index is 13.0. The highest BCUT2D eigenvalue weighted by Gasteiger charge is 2.33. The van der Waals surface area contributed by atoms with Crippen molar-refractivity contribution in [3.8, 4) is 11.5 Å². The van der Waals surface area contributed by atoms with E-state index in [0.29, 0.717) is 17.9 Å². The molecule has 0 unspecified atom stereocenters. The molecule has 172 valence electrons. The Labute approximate surface area is 192 Å². The number of hydrogen-bond donors (Lipinski definition) is 2. The van der Waals surface area contributed by atoms with Gasteiger partial charge in [-0.1, -0.05) is 23.7 Å². The molecule has 0 saturated carbocycles. The van der Waals surface area contributed by atoms with Crippen molar-refractivity contribution in [1.29, 1.82) is 0 Å². The predicted molar refractivity (Wildman–Crippen MR) is 117 cm³/mol. The topological polar surface area (TPSA) is 80.3 Å². The molecule has 0 bridgehead atoms. The number of pyridine rings is 1. The first-order chi connectivity index (χ1) is 15.7. The second-order valence-electron chi connectivity index (χ2n) is 6.90. The first kappa shape index (κ1) is 24.1. The average molecular weight is 478 g/mol. The monoisotopic (exact) mass is 477 g/mol. The van der Waals surface area contributed by atoms with E-state index in [4.69, 9.17) is 16.3 Å². The fraction of sp³-hybridized carbons (Fsp3) is 0.174. The van der Waals surface area contributed by atoms with Gasteiger partial charge >= 0.3 is 6.18 Å². The Morgan fingerprint density at radius 2 is 1.73 bits per heavy atom. The van der Waals surface area contributed by atoms with Gasteiger partial charge in [-0.15, -0.1) is 0 Å². The van der Waals surface area contributed by atoms with Crippen LogP contribution < -0.4 is 15.4 Å². The Bertz CT molecular complexity index is 1150. The average Bonchev–Trinajstić information content (AvgIpc) is 2.79. The normalized spacial score (nSPS) is 11.1. The third-order valence-electron chi connectivity index (χ3n) is 4.58. The Morgan fingerprint density at radius 1 is 1.00 bits per heavy atom. The van der Waals surface area contributed by atoms with Crippen LogP contribution in [0.25, 0.3) is 0 Å². The number of nitrogens with one attached hydrogen (secondary N) is 2. The molecular weight excluding hydrogens is 459 g/mol. The first-order valence-corrected chi connectivity index (χ1v) is 10.1. The molecule has 2 aromatic carbocycles. The second-order valence-corrected chi connectivity index (χ2v) is 7.31. The number of hydrogen-bond acceptors (Lipinski definition) is 4. The highest BCUT2D eigenvalue weighted by atomic mass is 35.5. The van der Waals surface area contributed by atoms with E-state index in [9.17, 15) is 22.8 Å². The van der Waals surface area contributed by atoms with E-state index in [2.05, 4.69) is 15.6 Å². The number of amides is 2. The van der Waals surface area contributed by atoms with Crippen molar-refractivity contribution >= 4 is 23.4 Å². The van der Waals surface area contributed by atoms with E-state index in [1.54, 1.807) is 30.3 Å². The summed E-state index contributed by atoms with van der Waals surface area (Å²) in [5.74, 6) is 0.0373. The molecule has 0 fully saturated rings. The molecule has 2 amide bonds. The van der Waals surface area contributed by atoms with Crippen molar-refractivity contribution in [2.24, 2.45) is 0 Å². The Morgan fingerprint density at radius 3 is 2.39 bits per heavy atom. The summed E-state index contributed by atoms with van der Waals surface area (Å²) in [6, 6.07) is 13.2. The van der Waals surface area contributed by atoms with Crippen LogP contribution in [-0.4, -0.2) is 30.4 Å². The maximum atomic E-state index is 13.0. The Balaban J connectivity index is 1.55. The van der Waals surface area contributed by atoms with Crippen LogP contribution in [0.5, 0.6) is 11.5 Å². The highest BCUT2D eigenvalue weighted by molar-refractivity contribution is 6.31. The summed E-state index contributed by atoms with van der Waals surface area (Å²) in [6.07, 6.45) is -2.71. The molecule has 3 aromatic rings. The number of ether oxygens (including phenoxy) is 1. The quantitative estimate of drug-likeness (QED) is 0.508. The molecule has 0 aliphatic rings. The zero-order valence-electron chi connectivity index (χ0n) is 17.4. The van der Waals surface area contributed by atoms with Crippen LogP contribution in [0.2, 0.25) is 5.02 Å². The lowest BCUT2D eigenvalue weighted by Gasteiger charge is -2.11. The van der Waals surface area contributed by atoms with Crippen molar-refractivity contribution in [3.63, 3.8) is 0 Å². The predicted octanol–water partition coefficient (Wildman–Crippen LogP) is 4.88. The molecule has 0 aliphatic carbocycles. The number of carbonyl (C=O) groups is 2. The summed E-state index contributed by atoms with van der Waals surface area (Å²) in [5, 5.41) is 4.62. The SMILES string of the molecule is CNC(=O)c1cc(Oc2ccc(CCNC(=O)c3ccc(Cl)c(C(F)(F)F)c3)cc2)ccn1. The first-order valence-electron chi connectivity index (χ1n) is 9.77. The number of rotatable bonds is 7. The van der Waals surface area contributed by atoms with E-state index >= 15 is 0 Å². The van der Waals surface area contributed by atoms with Gasteiger partial charge in [0.15, 0.2) is 0 Å². The minimum Gasteiger partial charge on any atom is -0.457 e. The molecule has 10 heteroatoms. The number of aromatic nitrogens is 1. The van der Waals surface area contributed by atoms with Crippen LogP contribution >= 0.6 is 11.6 Å². The zero-order chi connectivity index (χ0) is 24.0. The van der Waals surface area contributed by atoms with Crippen LogP contribution in [0.3, 0.4) is 0 Å². The molecule has 33 heavy (non-hydrogen) atoms. The second kappa shape index (κ2) is 10.4. The lowest BCUT2D eigenvalue weighted by atomic mass is 10.1. The molecule has 6 nitrogen and oxygen atoms in total. The van der Waals surface area contributed by atoms with E-state index in [1.165, 1.54) is 25.4 Å². The van der Waals surface area contributed by atoms with Crippen LogP contribution in [-0.2, 0) is 12.6 Å². The third kappa shape index (κ3) is 6.45. The van der Waals surface area contributed by atoms with Crippen molar-refractivity contribution < 1.29 is 27.5 Å². The van der Waals surface area contributed by atoms with Gasteiger partial charge in [0.1, 0.15) is 17.2 Å². The smallest absolute Gasteiger partial charge is 0.417 e. The molecular formula is C23H19ClF3N3O3. The summed E-state index contributed by atoms with van der Waals surface area (Å²) in [7, 11) is 1.51. The van der Waals surface area contributed by atoms with Crippen molar-refractivity contribution in [1.82, 2.24) is 15.6 Å². The summed E-state index contributed by atoms with van der Waals surface area (Å²) < 4.78 is 44.6. The lowest BCUT2D eigenvalue weighted by molar-refractivity contribution is -0.137. The van der Waals surface area contributed by atoms with Crippen molar-refractivity contribution in [3.05, 3.63) is 88.2 Å². The fourth-order valence-electron chi connectivity index (χ4n) is 2.89. The Hall–Kier alpha value is -3.59. The van der Waals surface area contributed by atoms with Crippen molar-refractivity contribution in [2.75, 3.05) is 13.6 Å². The molecule has 0 atom stereocenters. The molecule has 1 aromatic heterocycles. The zero-order valence-corrected chi connectivity index (χ0v) is 18.1. The van der Waals surface area contributed by atoms with E-state index in [1.807, 2.05) is 0 Å². The molecule has 3 rings (SSSR count). The van der Waals surface area contributed by atoms with Crippen LogP contribution in [0, 0.1) is 0 Å². The summed E-state index contributed by atoms with van der Waals surface area (Å²) >= 11 is 5.58. The molecule has 0 spiro atoms. The standard InChI is InChI=1S/C23H19ClF3N3O3/c1-28-22(32)20-13-17(9-11-29-20)33-16-5-2-14(3-6-16)8-10-30-21(31)15-4-7-19(24)18(12-15)23(25,26)27/h2-7,9,11-13H,8,10H2,1H3,(H,28,32)(H,30,31). The molecule has 0 aliphatic heterocycles. The molecule has 0 radical (unpaired) electrons. The van der Waals surface area contributed by atoms with Gasteiger partial charge < -0.3 is 15.4 Å². The third-order valence-corrected chi connectivity index (χ3v) is 4.91. The number of carbonyl (C=O) groups excluding carboxylic acids is 2. The number of alkyl halides is 3. The summed E-state index contributed by atoms with van der Waals surface area (Å²) in [6.45, 7) is 0.225. The lowest BCUT2D eigenvalue weighted by Crippen LogP contribution is -2.26. The van der Waals surface area contributed by atoms with Crippen LogP contribution in [0.4, 0.5) is 13.2 Å². The summed E-state index contributed by atoms with van der Waals surface area (Å²) in [4.78, 5) is 27.8. The minimum absolute atomic E-state index is 0.121. The number of nitrogens with zero attached hydrogens (tertiary/aromatic N) is 1. The van der Waals surface area contributed by atoms with Crippen LogP contribution in [0.1, 0.15) is 32.0 Å². The van der Waals surface area contributed by atoms with Gasteiger partial charge in [-0.3, -0.25) is 14.6 Å². The van der Waals surface area contributed by atoms with Gasteiger partial charge in [-0.25, -0.2) is 0 Å². The minimum atomic E-state index is -4.64. The Kier molecular flexibility index (Phi) is 7.55. The fourth-order valence-corrected chi connectivity index (χ4v) is 3.12. The van der Waals surface area contributed by atoms with Gasteiger partial charge in [0.2, 0.25) is 0 Å². The van der Waals surface area contributed by atoms with Crippen LogP contribution in [0.15, 0.2) is 60.8 Å². The number of halogens is 4.